The molecule has 2 amide bonds. The number of methoxy groups -OCH3 is 1. The van der Waals surface area contributed by atoms with Gasteiger partial charge in [-0.05, 0) is 40.0 Å². The number of fused-ring (bicyclic) bond motifs is 1. The number of ether oxygens (including phenoxy) is 2. The van der Waals surface area contributed by atoms with E-state index in [9.17, 15) is 14.4 Å². The van der Waals surface area contributed by atoms with E-state index in [0.29, 0.717) is 21.1 Å². The third kappa shape index (κ3) is 7.71. The van der Waals surface area contributed by atoms with Gasteiger partial charge in [-0.25, -0.2) is 9.78 Å². The summed E-state index contributed by atoms with van der Waals surface area (Å²) < 4.78 is 11.4. The van der Waals surface area contributed by atoms with E-state index in [1.54, 1.807) is 24.6 Å². The van der Waals surface area contributed by atoms with Crippen molar-refractivity contribution in [2.75, 3.05) is 29.7 Å². The molecule has 280 valence electrons. The van der Waals surface area contributed by atoms with Crippen LogP contribution in [-0.2, 0) is 36.1 Å². The van der Waals surface area contributed by atoms with Crippen LogP contribution in [0, 0.1) is 0 Å². The number of oxime groups is 1. The van der Waals surface area contributed by atoms with Crippen molar-refractivity contribution in [2.45, 2.75) is 23.6 Å². The van der Waals surface area contributed by atoms with Crippen molar-refractivity contribution in [2.24, 2.45) is 5.16 Å². The first-order chi connectivity index (χ1) is 26.9. The Morgan fingerprint density at radius 1 is 0.909 bits per heavy atom. The molecule has 4 aromatic carbocycles. The maximum atomic E-state index is 13.9. The molecule has 11 nitrogen and oxygen atoms in total. The van der Waals surface area contributed by atoms with Crippen LogP contribution in [0.4, 0.5) is 5.13 Å². The molecule has 1 fully saturated rings. The standard InChI is InChI=1S/C41H36IN5O6S2/c1-51-31-20-18-26(19-21-31)23-53-39(50)35-27(22-42)24-54-38-34(37(49)47(35)38)44-36(48)33(46-52-2)32-25-55-40(43-32)45-41(28-12-6-3-7-13-28,29-14-8-4-9-15-29)30-16-10-5-11-17-30/h3-21,25,34,38H,22-24H2,1-2H3,(H,43,45)(H,44,48). The lowest BCUT2D eigenvalue weighted by Gasteiger charge is -2.49. The number of thiazole rings is 1. The fourth-order valence-corrected chi connectivity index (χ4v) is 9.69. The van der Waals surface area contributed by atoms with Crippen LogP contribution in [0.3, 0.4) is 0 Å². The van der Waals surface area contributed by atoms with Crippen molar-refractivity contribution in [3.63, 3.8) is 0 Å². The Kier molecular flexibility index (Phi) is 11.8. The number of anilines is 1. The van der Waals surface area contributed by atoms with Gasteiger partial charge in [-0.1, -0.05) is 131 Å². The van der Waals surface area contributed by atoms with Crippen molar-refractivity contribution in [1.82, 2.24) is 15.2 Å². The molecule has 2 aliphatic rings. The third-order valence-electron chi connectivity index (χ3n) is 9.28. The summed E-state index contributed by atoms with van der Waals surface area (Å²) in [5.74, 6) is -0.445. The minimum absolute atomic E-state index is 0.0331. The van der Waals surface area contributed by atoms with Crippen LogP contribution in [0.2, 0.25) is 0 Å². The largest absolute Gasteiger partial charge is 0.497 e. The van der Waals surface area contributed by atoms with Crippen LogP contribution >= 0.6 is 45.7 Å². The van der Waals surface area contributed by atoms with Crippen LogP contribution in [0.1, 0.15) is 27.9 Å². The summed E-state index contributed by atoms with van der Waals surface area (Å²) in [4.78, 5) is 52.4. The summed E-state index contributed by atoms with van der Waals surface area (Å²) in [6, 6.07) is 36.6. The molecule has 0 aliphatic carbocycles. The lowest BCUT2D eigenvalue weighted by Crippen LogP contribution is -2.71. The SMILES string of the molecule is CON=C(C(=O)NC1C(=O)N2C(C(=O)OCc3ccc(OC)cc3)=C(CI)CSC12)c1csc(NC(c2ccccc2)(c2ccccc2)c2ccccc2)n1. The number of nitrogens with zero attached hydrogens (tertiary/aromatic N) is 3. The van der Waals surface area contributed by atoms with Crippen LogP contribution in [0.25, 0.3) is 0 Å². The van der Waals surface area contributed by atoms with Crippen molar-refractivity contribution >= 4 is 74.3 Å². The van der Waals surface area contributed by atoms with Gasteiger partial charge < -0.3 is 24.9 Å². The summed E-state index contributed by atoms with van der Waals surface area (Å²) in [6.45, 7) is 0.0331. The molecule has 2 N–H and O–H groups in total. The van der Waals surface area contributed by atoms with E-state index in [1.807, 2.05) is 66.7 Å². The summed E-state index contributed by atoms with van der Waals surface area (Å²) in [5.41, 5.74) is 4.12. The minimum atomic E-state index is -0.905. The number of thioether (sulfide) groups is 1. The van der Waals surface area contributed by atoms with Crippen LogP contribution < -0.4 is 15.4 Å². The molecule has 5 aromatic rings. The van der Waals surface area contributed by atoms with Gasteiger partial charge in [0.2, 0.25) is 0 Å². The molecule has 0 spiro atoms. The second kappa shape index (κ2) is 17.1. The average Bonchev–Trinajstić information content (AvgIpc) is 3.71. The number of amides is 2. The van der Waals surface area contributed by atoms with Crippen LogP contribution in [0.5, 0.6) is 5.75 Å². The summed E-state index contributed by atoms with van der Waals surface area (Å²) >= 11 is 4.97. The maximum absolute atomic E-state index is 13.9. The molecule has 2 aliphatic heterocycles. The van der Waals surface area contributed by atoms with Crippen molar-refractivity contribution < 1.29 is 28.7 Å². The number of benzene rings is 4. The van der Waals surface area contributed by atoms with Gasteiger partial charge in [0.15, 0.2) is 10.8 Å². The third-order valence-corrected chi connectivity index (χ3v) is 12.3. The Hall–Kier alpha value is -5.19. The van der Waals surface area contributed by atoms with Gasteiger partial charge in [0.25, 0.3) is 11.8 Å². The highest BCUT2D eigenvalue weighted by Crippen LogP contribution is 2.42. The number of rotatable bonds is 14. The van der Waals surface area contributed by atoms with Gasteiger partial charge in [0, 0.05) is 15.6 Å². The van der Waals surface area contributed by atoms with Crippen molar-refractivity contribution in [1.29, 1.82) is 0 Å². The lowest BCUT2D eigenvalue weighted by atomic mass is 9.77. The van der Waals surface area contributed by atoms with Gasteiger partial charge >= 0.3 is 5.97 Å². The zero-order valence-electron chi connectivity index (χ0n) is 29.8. The number of hydrogen-bond donors (Lipinski definition) is 2. The van der Waals surface area contributed by atoms with Gasteiger partial charge in [0.05, 0.1) is 7.11 Å². The van der Waals surface area contributed by atoms with Crippen LogP contribution in [-0.4, -0.2) is 69.2 Å². The highest BCUT2D eigenvalue weighted by molar-refractivity contribution is 14.1. The fraction of sp³-hybridized carbons (Fsp3) is 0.195. The molecule has 0 bridgehead atoms. The average molecular weight is 886 g/mol. The van der Waals surface area contributed by atoms with E-state index in [-0.39, 0.29) is 23.7 Å². The zero-order chi connectivity index (χ0) is 38.4. The quantitative estimate of drug-likeness (QED) is 0.0237. The molecular formula is C41H36IN5O6S2. The first kappa shape index (κ1) is 38.1. The molecule has 3 heterocycles. The van der Waals surface area contributed by atoms with Gasteiger partial charge in [-0.3, -0.25) is 14.5 Å². The highest BCUT2D eigenvalue weighted by Gasteiger charge is 2.54. The Morgan fingerprint density at radius 2 is 1.51 bits per heavy atom. The predicted octanol–water partition coefficient (Wildman–Crippen LogP) is 6.74. The van der Waals surface area contributed by atoms with E-state index < -0.39 is 34.7 Å². The minimum Gasteiger partial charge on any atom is -0.497 e. The fourth-order valence-electron chi connectivity index (χ4n) is 6.60. The zero-order valence-corrected chi connectivity index (χ0v) is 33.6. The first-order valence-corrected chi connectivity index (χ1v) is 20.7. The molecule has 2 atom stereocenters. The summed E-state index contributed by atoms with van der Waals surface area (Å²) in [5, 5.41) is 12.4. The Balaban J connectivity index is 1.10. The molecule has 2 unspecified atom stereocenters. The molecule has 1 saturated heterocycles. The summed E-state index contributed by atoms with van der Waals surface area (Å²) in [6.07, 6.45) is 0. The van der Waals surface area contributed by atoms with Crippen LogP contribution in [0.15, 0.2) is 137 Å². The smallest absolute Gasteiger partial charge is 0.355 e. The Bertz CT molecular complexity index is 2120. The predicted molar refractivity (Wildman–Crippen MR) is 222 cm³/mol. The topological polar surface area (TPSA) is 131 Å². The number of halogens is 1. The van der Waals surface area contributed by atoms with E-state index in [1.165, 1.54) is 35.1 Å². The normalized spacial score (nSPS) is 16.8. The Morgan fingerprint density at radius 3 is 2.05 bits per heavy atom. The first-order valence-electron chi connectivity index (χ1n) is 17.2. The maximum Gasteiger partial charge on any atom is 0.355 e. The van der Waals surface area contributed by atoms with Gasteiger partial charge in [-0.2, -0.15) is 0 Å². The number of esters is 1. The van der Waals surface area contributed by atoms with Gasteiger partial charge in [-0.15, -0.1) is 23.1 Å². The van der Waals surface area contributed by atoms with Crippen molar-refractivity contribution in [3.8, 4) is 5.75 Å². The number of nitrogens with one attached hydrogen (secondary N) is 2. The number of aromatic nitrogens is 1. The molecule has 1 aromatic heterocycles. The second-order valence-electron chi connectivity index (χ2n) is 12.5. The molecule has 0 radical (unpaired) electrons. The number of carbonyl (C=O) groups is 3. The number of carbonyl (C=O) groups excluding carboxylic acids is 3. The van der Waals surface area contributed by atoms with Gasteiger partial charge in [0.1, 0.15) is 47.8 Å². The van der Waals surface area contributed by atoms with E-state index >= 15 is 0 Å². The number of alkyl halides is 1. The molecule has 55 heavy (non-hydrogen) atoms. The number of β-lactam (4-membered cyclic amide) rings is 1. The molecule has 14 heteroatoms. The Labute approximate surface area is 340 Å². The molecule has 7 rings (SSSR count). The lowest BCUT2D eigenvalue weighted by molar-refractivity contribution is -0.153. The summed E-state index contributed by atoms with van der Waals surface area (Å²) in [7, 11) is 2.93. The van der Waals surface area contributed by atoms with E-state index in [4.69, 9.17) is 19.3 Å². The monoisotopic (exact) mass is 885 g/mol. The highest BCUT2D eigenvalue weighted by atomic mass is 127. The molecule has 0 saturated carbocycles. The van der Waals surface area contributed by atoms with E-state index in [2.05, 4.69) is 74.8 Å². The molecular weight excluding hydrogens is 850 g/mol. The van der Waals surface area contributed by atoms with Crippen molar-refractivity contribution in [3.05, 3.63) is 160 Å². The number of hydrogen-bond acceptors (Lipinski definition) is 11. The van der Waals surface area contributed by atoms with E-state index in [0.717, 1.165) is 27.8 Å². The second-order valence-corrected chi connectivity index (χ2v) is 15.2.